The zero-order valence-electron chi connectivity index (χ0n) is 11.1. The van der Waals surface area contributed by atoms with Crippen LogP contribution >= 0.6 is 0 Å². The lowest BCUT2D eigenvalue weighted by Crippen LogP contribution is -2.42. The van der Waals surface area contributed by atoms with Gasteiger partial charge in [-0.15, -0.1) is 0 Å². The molecule has 0 atom stereocenters. The first-order chi connectivity index (χ1) is 8.02. The Bertz CT molecular complexity index is 236. The van der Waals surface area contributed by atoms with E-state index in [0.29, 0.717) is 12.5 Å². The molecule has 100 valence electrons. The molecule has 0 radical (unpaired) electrons. The zero-order chi connectivity index (χ0) is 12.7. The largest absolute Gasteiger partial charge is 0.370 e. The molecule has 0 bridgehead atoms. The van der Waals surface area contributed by atoms with Crippen LogP contribution in [0.1, 0.15) is 46.0 Å². The predicted octanol–water partition coefficient (Wildman–Crippen LogP) is 1.44. The van der Waals surface area contributed by atoms with Gasteiger partial charge in [-0.1, -0.05) is 26.7 Å². The fourth-order valence-corrected chi connectivity index (χ4v) is 2.12. The topological polar surface area (TPSA) is 64.3 Å². The number of carbonyl (C=O) groups excluding carboxylic acids is 1. The first-order valence-electron chi connectivity index (χ1n) is 6.65. The number of nitrogens with two attached hydrogens (primary N) is 1. The van der Waals surface area contributed by atoms with Crippen molar-refractivity contribution in [3.05, 3.63) is 0 Å². The van der Waals surface area contributed by atoms with Crippen LogP contribution in [0.3, 0.4) is 0 Å². The lowest BCUT2D eigenvalue weighted by molar-refractivity contribution is -0.126. The molecule has 0 aromatic heterocycles. The monoisotopic (exact) mass is 242 g/mol. The number of ether oxygens (including phenoxy) is 1. The second-order valence-corrected chi connectivity index (χ2v) is 5.59. The van der Waals surface area contributed by atoms with Gasteiger partial charge in [0.2, 0.25) is 5.91 Å². The molecular formula is C13H26N2O2. The van der Waals surface area contributed by atoms with Crippen molar-refractivity contribution in [2.45, 2.75) is 51.5 Å². The molecule has 17 heavy (non-hydrogen) atoms. The van der Waals surface area contributed by atoms with E-state index in [1.54, 1.807) is 0 Å². The van der Waals surface area contributed by atoms with Gasteiger partial charge in [-0.3, -0.25) is 4.79 Å². The van der Waals surface area contributed by atoms with Crippen molar-refractivity contribution in [3.63, 3.8) is 0 Å². The molecule has 1 aliphatic carbocycles. The minimum Gasteiger partial charge on any atom is -0.370 e. The number of hydrogen-bond acceptors (Lipinski definition) is 3. The summed E-state index contributed by atoms with van der Waals surface area (Å²) in [5.74, 6) is 0.578. The van der Waals surface area contributed by atoms with Crippen molar-refractivity contribution in [1.82, 2.24) is 5.32 Å². The van der Waals surface area contributed by atoms with E-state index in [1.807, 2.05) is 0 Å². The Kier molecular flexibility index (Phi) is 5.92. The van der Waals surface area contributed by atoms with Gasteiger partial charge >= 0.3 is 0 Å². The third kappa shape index (κ3) is 6.03. The maximum Gasteiger partial charge on any atom is 0.245 e. The van der Waals surface area contributed by atoms with Gasteiger partial charge in [0.1, 0.15) is 6.61 Å². The molecule has 0 aliphatic heterocycles. The highest BCUT2D eigenvalue weighted by Crippen LogP contribution is 2.27. The van der Waals surface area contributed by atoms with Crippen molar-refractivity contribution in [2.24, 2.45) is 11.7 Å². The number of amides is 1. The second kappa shape index (κ2) is 6.97. The first-order valence-corrected chi connectivity index (χ1v) is 6.65. The summed E-state index contributed by atoms with van der Waals surface area (Å²) in [5, 5.41) is 2.85. The zero-order valence-corrected chi connectivity index (χ0v) is 11.1. The average molecular weight is 242 g/mol. The molecule has 4 heteroatoms. The normalized spacial score (nSPS) is 18.6. The predicted molar refractivity (Wildman–Crippen MR) is 68.7 cm³/mol. The molecule has 1 aliphatic rings. The molecule has 1 amide bonds. The van der Waals surface area contributed by atoms with E-state index in [0.717, 1.165) is 25.8 Å². The van der Waals surface area contributed by atoms with Crippen LogP contribution in [0.2, 0.25) is 0 Å². The molecule has 0 aromatic carbocycles. The van der Waals surface area contributed by atoms with E-state index in [4.69, 9.17) is 10.5 Å². The standard InChI is InChI=1S/C13H26N2O2/c1-11(2)5-8-15-12(16)9-17-10-13(14)6-3-4-7-13/h11H,3-10,14H2,1-2H3,(H,15,16). The molecule has 1 rings (SSSR count). The van der Waals surface area contributed by atoms with Crippen molar-refractivity contribution < 1.29 is 9.53 Å². The molecule has 0 unspecified atom stereocenters. The molecular weight excluding hydrogens is 216 g/mol. The Hall–Kier alpha value is -0.610. The van der Waals surface area contributed by atoms with Gasteiger partial charge in [0.15, 0.2) is 0 Å². The van der Waals surface area contributed by atoms with Crippen molar-refractivity contribution in [2.75, 3.05) is 19.8 Å². The maximum absolute atomic E-state index is 11.4. The molecule has 0 aromatic rings. The van der Waals surface area contributed by atoms with Crippen LogP contribution in [0.5, 0.6) is 0 Å². The van der Waals surface area contributed by atoms with Crippen LogP contribution in [0, 0.1) is 5.92 Å². The number of nitrogens with one attached hydrogen (secondary N) is 1. The molecule has 0 saturated heterocycles. The molecule has 1 fully saturated rings. The Morgan fingerprint density at radius 3 is 2.65 bits per heavy atom. The minimum absolute atomic E-state index is 0.0350. The van der Waals surface area contributed by atoms with E-state index in [9.17, 15) is 4.79 Å². The van der Waals surface area contributed by atoms with Crippen LogP contribution in [0.15, 0.2) is 0 Å². The van der Waals surface area contributed by atoms with Crippen molar-refractivity contribution >= 4 is 5.91 Å². The summed E-state index contributed by atoms with van der Waals surface area (Å²) in [7, 11) is 0. The first kappa shape index (κ1) is 14.5. The third-order valence-corrected chi connectivity index (χ3v) is 3.27. The molecule has 0 heterocycles. The van der Waals surface area contributed by atoms with Gasteiger partial charge in [0.25, 0.3) is 0 Å². The SMILES string of the molecule is CC(C)CCNC(=O)COCC1(N)CCCC1. The number of rotatable bonds is 7. The second-order valence-electron chi connectivity index (χ2n) is 5.59. The van der Waals surface area contributed by atoms with Crippen LogP contribution in [-0.2, 0) is 9.53 Å². The van der Waals surface area contributed by atoms with Gasteiger partial charge in [-0.2, -0.15) is 0 Å². The highest BCUT2D eigenvalue weighted by molar-refractivity contribution is 5.77. The summed E-state index contributed by atoms with van der Waals surface area (Å²) >= 11 is 0. The van der Waals surface area contributed by atoms with Gasteiger partial charge < -0.3 is 15.8 Å². The molecule has 1 saturated carbocycles. The fraction of sp³-hybridized carbons (Fsp3) is 0.923. The highest BCUT2D eigenvalue weighted by Gasteiger charge is 2.29. The quantitative estimate of drug-likeness (QED) is 0.710. The van der Waals surface area contributed by atoms with E-state index in [2.05, 4.69) is 19.2 Å². The molecule has 3 N–H and O–H groups in total. The number of carbonyl (C=O) groups is 1. The smallest absolute Gasteiger partial charge is 0.245 e. The minimum atomic E-state index is -0.182. The Morgan fingerprint density at radius 2 is 2.06 bits per heavy atom. The summed E-state index contributed by atoms with van der Waals surface area (Å²) in [5.41, 5.74) is 5.95. The summed E-state index contributed by atoms with van der Waals surface area (Å²) in [6.07, 6.45) is 5.40. The van der Waals surface area contributed by atoms with Crippen LogP contribution in [-0.4, -0.2) is 31.2 Å². The summed E-state index contributed by atoms with van der Waals surface area (Å²) < 4.78 is 5.40. The van der Waals surface area contributed by atoms with Gasteiger partial charge in [0.05, 0.1) is 6.61 Å². The summed E-state index contributed by atoms with van der Waals surface area (Å²) in [4.78, 5) is 11.4. The number of hydrogen-bond donors (Lipinski definition) is 2. The average Bonchev–Trinajstić information content (AvgIpc) is 2.65. The fourth-order valence-electron chi connectivity index (χ4n) is 2.12. The third-order valence-electron chi connectivity index (χ3n) is 3.27. The van der Waals surface area contributed by atoms with Gasteiger partial charge in [0, 0.05) is 12.1 Å². The van der Waals surface area contributed by atoms with Crippen molar-refractivity contribution in [3.8, 4) is 0 Å². The van der Waals surface area contributed by atoms with Gasteiger partial charge in [-0.25, -0.2) is 0 Å². The lowest BCUT2D eigenvalue weighted by Gasteiger charge is -2.22. The summed E-state index contributed by atoms with van der Waals surface area (Å²) in [6.45, 7) is 5.65. The Balaban J connectivity index is 2.03. The molecule has 4 nitrogen and oxygen atoms in total. The summed E-state index contributed by atoms with van der Waals surface area (Å²) in [6, 6.07) is 0. The van der Waals surface area contributed by atoms with E-state index in [1.165, 1.54) is 12.8 Å². The van der Waals surface area contributed by atoms with E-state index in [-0.39, 0.29) is 18.1 Å². The van der Waals surface area contributed by atoms with Crippen LogP contribution in [0.25, 0.3) is 0 Å². The van der Waals surface area contributed by atoms with Crippen molar-refractivity contribution in [1.29, 1.82) is 0 Å². The van der Waals surface area contributed by atoms with Gasteiger partial charge in [-0.05, 0) is 25.2 Å². The van der Waals surface area contributed by atoms with E-state index >= 15 is 0 Å². The van der Waals surface area contributed by atoms with E-state index < -0.39 is 0 Å². The Morgan fingerprint density at radius 1 is 1.41 bits per heavy atom. The Labute approximate surface area is 104 Å². The lowest BCUT2D eigenvalue weighted by atomic mass is 10.0. The highest BCUT2D eigenvalue weighted by atomic mass is 16.5. The maximum atomic E-state index is 11.4. The van der Waals surface area contributed by atoms with Crippen LogP contribution in [0.4, 0.5) is 0 Å². The van der Waals surface area contributed by atoms with Crippen LogP contribution < -0.4 is 11.1 Å². The molecule has 0 spiro atoms.